The number of likely N-dealkylation sites (tertiary alicyclic amines) is 1. The molecule has 2 aliphatic rings. The number of aryl methyl sites for hydroxylation is 2. The summed E-state index contributed by atoms with van der Waals surface area (Å²) >= 11 is 0. The Morgan fingerprint density at radius 1 is 1.34 bits per heavy atom. The summed E-state index contributed by atoms with van der Waals surface area (Å²) in [4.78, 5) is 20.4. The van der Waals surface area contributed by atoms with E-state index >= 15 is 0 Å². The number of hydrogen-bond donors (Lipinski definition) is 1. The van der Waals surface area contributed by atoms with Gasteiger partial charge in [0.15, 0.2) is 0 Å². The van der Waals surface area contributed by atoms with Crippen molar-refractivity contribution in [2.24, 2.45) is 0 Å². The van der Waals surface area contributed by atoms with E-state index in [2.05, 4.69) is 17.4 Å². The summed E-state index contributed by atoms with van der Waals surface area (Å²) in [7, 11) is 1.76. The second-order valence-corrected chi connectivity index (χ2v) is 10.0. The van der Waals surface area contributed by atoms with Crippen molar-refractivity contribution >= 4 is 11.9 Å². The normalized spacial score (nSPS) is 19.8. The number of anilines is 1. The number of amides is 1. The van der Waals surface area contributed by atoms with Gasteiger partial charge in [0, 0.05) is 31.4 Å². The number of likely N-dealkylation sites (N-methyl/N-ethyl adjacent to an activating group) is 1. The van der Waals surface area contributed by atoms with E-state index in [1.165, 1.54) is 5.56 Å². The maximum atomic E-state index is 13.9. The van der Waals surface area contributed by atoms with E-state index in [0.717, 1.165) is 43.7 Å². The third-order valence-corrected chi connectivity index (χ3v) is 6.34. The number of pyridine rings is 1. The summed E-state index contributed by atoms with van der Waals surface area (Å²) in [5.41, 5.74) is 1.72. The van der Waals surface area contributed by atoms with Crippen LogP contribution >= 0.6 is 0 Å². The molecule has 3 rings (SSSR count). The second kappa shape index (κ2) is 10.8. The van der Waals surface area contributed by atoms with E-state index in [4.69, 9.17) is 9.72 Å². The molecule has 0 spiro atoms. The van der Waals surface area contributed by atoms with Crippen LogP contribution in [0.2, 0.25) is 0 Å². The van der Waals surface area contributed by atoms with Crippen molar-refractivity contribution in [1.82, 2.24) is 14.8 Å². The van der Waals surface area contributed by atoms with Crippen LogP contribution in [0.3, 0.4) is 0 Å². The third-order valence-electron chi connectivity index (χ3n) is 6.34. The van der Waals surface area contributed by atoms with Gasteiger partial charge in [0.25, 0.3) is 6.43 Å². The minimum absolute atomic E-state index is 0.0742. The molecule has 3 heterocycles. The van der Waals surface area contributed by atoms with E-state index in [1.54, 1.807) is 16.8 Å². The molecule has 1 saturated heterocycles. The predicted octanol–water partition coefficient (Wildman–Crippen LogP) is 4.73. The van der Waals surface area contributed by atoms with Gasteiger partial charge < -0.3 is 15.0 Å². The average Bonchev–Trinajstić information content (AvgIpc) is 3.22. The Labute approximate surface area is 190 Å². The summed E-state index contributed by atoms with van der Waals surface area (Å²) in [6.45, 7) is 7.41. The van der Waals surface area contributed by atoms with Crippen molar-refractivity contribution in [1.29, 1.82) is 0 Å². The highest BCUT2D eigenvalue weighted by Gasteiger charge is 2.36. The van der Waals surface area contributed by atoms with Gasteiger partial charge in [0.1, 0.15) is 11.4 Å². The minimum Gasteiger partial charge on any atom is -0.444 e. The quantitative estimate of drug-likeness (QED) is 0.578. The molecular formula is C24H38F2N4O2. The Kier molecular flexibility index (Phi) is 8.31. The van der Waals surface area contributed by atoms with E-state index < -0.39 is 18.1 Å². The first kappa shape index (κ1) is 24.7. The van der Waals surface area contributed by atoms with Gasteiger partial charge >= 0.3 is 6.09 Å². The smallest absolute Gasteiger partial charge is 0.410 e. The lowest BCUT2D eigenvalue weighted by Gasteiger charge is -2.33. The number of carbonyl (C=O) groups is 1. The maximum absolute atomic E-state index is 13.9. The van der Waals surface area contributed by atoms with E-state index in [9.17, 15) is 13.6 Å². The first-order chi connectivity index (χ1) is 15.1. The number of rotatable bonds is 8. The van der Waals surface area contributed by atoms with Gasteiger partial charge in [-0.2, -0.15) is 0 Å². The second-order valence-electron chi connectivity index (χ2n) is 10.0. The van der Waals surface area contributed by atoms with Crippen LogP contribution in [0.15, 0.2) is 12.1 Å². The lowest BCUT2D eigenvalue weighted by Crippen LogP contribution is -2.46. The monoisotopic (exact) mass is 452 g/mol. The fraction of sp³-hybridized carbons (Fsp3) is 0.750. The van der Waals surface area contributed by atoms with Crippen LogP contribution in [-0.4, -0.2) is 71.7 Å². The van der Waals surface area contributed by atoms with Gasteiger partial charge in [-0.3, -0.25) is 4.90 Å². The molecular weight excluding hydrogens is 414 g/mol. The van der Waals surface area contributed by atoms with Crippen LogP contribution in [0.5, 0.6) is 0 Å². The van der Waals surface area contributed by atoms with Gasteiger partial charge in [0.2, 0.25) is 0 Å². The minimum atomic E-state index is -2.42. The molecule has 0 aromatic carbocycles. The van der Waals surface area contributed by atoms with Gasteiger partial charge in [-0.15, -0.1) is 0 Å². The SMILES string of the molecule is CN([C@@H]1CCN(C(=O)OC(C)(C)C)C1)[C@H](CCCCc1ccc2c(n1)NCCC2)C(F)F. The molecule has 6 nitrogen and oxygen atoms in total. The first-order valence-corrected chi connectivity index (χ1v) is 11.8. The Hall–Kier alpha value is -1.96. The van der Waals surface area contributed by atoms with Crippen molar-refractivity contribution in [3.63, 3.8) is 0 Å². The first-order valence-electron chi connectivity index (χ1n) is 11.8. The molecule has 8 heteroatoms. The molecule has 0 bridgehead atoms. The van der Waals surface area contributed by atoms with E-state index in [0.29, 0.717) is 32.4 Å². The zero-order valence-electron chi connectivity index (χ0n) is 19.9. The molecule has 0 radical (unpaired) electrons. The van der Waals surface area contributed by atoms with Gasteiger partial charge in [-0.25, -0.2) is 18.6 Å². The summed E-state index contributed by atoms with van der Waals surface area (Å²) in [6, 6.07) is 3.31. The highest BCUT2D eigenvalue weighted by molar-refractivity contribution is 5.68. The number of nitrogens with one attached hydrogen (secondary N) is 1. The highest BCUT2D eigenvalue weighted by atomic mass is 19.3. The van der Waals surface area contributed by atoms with Crippen LogP contribution in [0, 0.1) is 0 Å². The highest BCUT2D eigenvalue weighted by Crippen LogP contribution is 2.25. The standard InChI is InChI=1S/C24H38F2N4O2/c1-24(2,3)32-23(31)30-15-13-19(16-30)29(4)20(21(25)26)10-6-5-9-18-12-11-17-8-7-14-27-22(17)28-18/h11-12,19-21H,5-10,13-16H2,1-4H3,(H,27,28)/t19-,20-/m1/s1. The summed E-state index contributed by atoms with van der Waals surface area (Å²) in [5, 5.41) is 3.34. The van der Waals surface area contributed by atoms with Crippen molar-refractivity contribution in [2.45, 2.75) is 89.8 Å². The maximum Gasteiger partial charge on any atom is 0.410 e. The number of unbranched alkanes of at least 4 members (excludes halogenated alkanes) is 1. The van der Waals surface area contributed by atoms with Crippen LogP contribution in [0.4, 0.5) is 19.4 Å². The summed E-state index contributed by atoms with van der Waals surface area (Å²) < 4.78 is 33.1. The lowest BCUT2D eigenvalue weighted by molar-refractivity contribution is 0.00975. The van der Waals surface area contributed by atoms with Gasteiger partial charge in [-0.1, -0.05) is 12.5 Å². The number of aromatic nitrogens is 1. The fourth-order valence-electron chi connectivity index (χ4n) is 4.51. The fourth-order valence-corrected chi connectivity index (χ4v) is 4.51. The van der Waals surface area contributed by atoms with E-state index in [-0.39, 0.29) is 12.1 Å². The summed E-state index contributed by atoms with van der Waals surface area (Å²) in [5.74, 6) is 0.981. The largest absolute Gasteiger partial charge is 0.444 e. The summed E-state index contributed by atoms with van der Waals surface area (Å²) in [6.07, 6.45) is 2.87. The number of alkyl halides is 2. The number of nitrogens with zero attached hydrogens (tertiary/aromatic N) is 3. The molecule has 180 valence electrons. The van der Waals surface area contributed by atoms with Crippen molar-refractivity contribution in [3.05, 3.63) is 23.4 Å². The van der Waals surface area contributed by atoms with Gasteiger partial charge in [0.05, 0.1) is 6.04 Å². The average molecular weight is 453 g/mol. The number of hydrogen-bond acceptors (Lipinski definition) is 5. The zero-order valence-corrected chi connectivity index (χ0v) is 19.9. The van der Waals surface area contributed by atoms with Gasteiger partial charge in [-0.05, 0) is 78.0 Å². The molecule has 0 saturated carbocycles. The van der Waals surface area contributed by atoms with E-state index in [1.807, 2.05) is 20.8 Å². The van der Waals surface area contributed by atoms with Crippen molar-refractivity contribution in [3.8, 4) is 0 Å². The van der Waals surface area contributed by atoms with Crippen LogP contribution in [0.1, 0.15) is 64.1 Å². The Balaban J connectivity index is 1.46. The third kappa shape index (κ3) is 6.77. The van der Waals surface area contributed by atoms with Crippen LogP contribution < -0.4 is 5.32 Å². The number of ether oxygens (including phenoxy) is 1. The van der Waals surface area contributed by atoms with Crippen LogP contribution in [0.25, 0.3) is 0 Å². The number of fused-ring (bicyclic) bond motifs is 1. The van der Waals surface area contributed by atoms with Crippen molar-refractivity contribution in [2.75, 3.05) is 32.0 Å². The van der Waals surface area contributed by atoms with Crippen LogP contribution in [-0.2, 0) is 17.6 Å². The molecule has 2 aliphatic heterocycles. The molecule has 1 N–H and O–H groups in total. The zero-order chi connectivity index (χ0) is 23.3. The molecule has 0 unspecified atom stereocenters. The lowest BCUT2D eigenvalue weighted by atomic mass is 10.0. The Morgan fingerprint density at radius 3 is 2.84 bits per heavy atom. The topological polar surface area (TPSA) is 57.7 Å². The molecule has 1 aromatic rings. The molecule has 2 atom stereocenters. The molecule has 0 aliphatic carbocycles. The molecule has 1 fully saturated rings. The van der Waals surface area contributed by atoms with Crippen molar-refractivity contribution < 1.29 is 18.3 Å². The molecule has 1 amide bonds. The number of halogens is 2. The predicted molar refractivity (Wildman–Crippen MR) is 122 cm³/mol. The number of carbonyl (C=O) groups excluding carboxylic acids is 1. The molecule has 32 heavy (non-hydrogen) atoms. The molecule has 1 aromatic heterocycles. The Bertz CT molecular complexity index is 769. The Morgan fingerprint density at radius 2 is 2.12 bits per heavy atom.